The number of hydrogen-bond acceptors (Lipinski definition) is 6. The Balaban J connectivity index is 1.43. The summed E-state index contributed by atoms with van der Waals surface area (Å²) in [5.41, 5.74) is 2.33. The van der Waals surface area contributed by atoms with Crippen molar-refractivity contribution >= 4 is 34.5 Å². The number of carbonyl (C=O) groups is 1. The summed E-state index contributed by atoms with van der Waals surface area (Å²) < 4.78 is 20.8. The van der Waals surface area contributed by atoms with Crippen molar-refractivity contribution in [3.8, 4) is 5.75 Å². The second-order valence-corrected chi connectivity index (χ2v) is 7.34. The Morgan fingerprint density at radius 3 is 2.90 bits per heavy atom. The van der Waals surface area contributed by atoms with Crippen molar-refractivity contribution in [1.29, 1.82) is 0 Å². The fourth-order valence-electron chi connectivity index (χ4n) is 2.85. The van der Waals surface area contributed by atoms with Crippen molar-refractivity contribution in [3.05, 3.63) is 89.0 Å². The maximum atomic E-state index is 14.0. The van der Waals surface area contributed by atoms with E-state index in [1.54, 1.807) is 29.9 Å². The minimum atomic E-state index is -0.491. The fourth-order valence-corrected chi connectivity index (χ4v) is 3.53. The highest BCUT2D eigenvalue weighted by molar-refractivity contribution is 7.14. The molecule has 156 valence electrons. The van der Waals surface area contributed by atoms with Gasteiger partial charge in [-0.05, 0) is 42.0 Å². The van der Waals surface area contributed by atoms with Crippen molar-refractivity contribution in [2.24, 2.45) is 0 Å². The number of carbonyl (C=O) groups excluding carboxylic acids is 1. The van der Waals surface area contributed by atoms with Crippen LogP contribution in [0.5, 0.6) is 5.75 Å². The summed E-state index contributed by atoms with van der Waals surface area (Å²) in [6, 6.07) is 8.65. The SMILES string of the molecule is COc1cnc(/C=C/c2csc(NC(=O)c3cccn3Cc3ccncc3)n2)c(F)c1. The predicted molar refractivity (Wildman–Crippen MR) is 118 cm³/mol. The molecule has 0 bridgehead atoms. The molecule has 7 nitrogen and oxygen atoms in total. The topological polar surface area (TPSA) is 81.9 Å². The van der Waals surface area contributed by atoms with Crippen molar-refractivity contribution in [2.45, 2.75) is 6.54 Å². The van der Waals surface area contributed by atoms with Crippen LogP contribution in [0.25, 0.3) is 12.2 Å². The number of methoxy groups -OCH3 is 1. The van der Waals surface area contributed by atoms with Gasteiger partial charge in [0.15, 0.2) is 10.9 Å². The molecule has 0 spiro atoms. The number of aromatic nitrogens is 4. The maximum absolute atomic E-state index is 14.0. The molecule has 9 heteroatoms. The smallest absolute Gasteiger partial charge is 0.274 e. The molecule has 4 rings (SSSR count). The van der Waals surface area contributed by atoms with Gasteiger partial charge in [0, 0.05) is 36.6 Å². The summed E-state index contributed by atoms with van der Waals surface area (Å²) in [4.78, 5) is 25.1. The number of anilines is 1. The molecule has 0 unspecified atom stereocenters. The molecule has 0 saturated heterocycles. The first kappa shape index (κ1) is 20.4. The maximum Gasteiger partial charge on any atom is 0.274 e. The Morgan fingerprint density at radius 2 is 2.13 bits per heavy atom. The monoisotopic (exact) mass is 435 g/mol. The van der Waals surface area contributed by atoms with Crippen molar-refractivity contribution < 1.29 is 13.9 Å². The third kappa shape index (κ3) is 5.01. The number of pyridine rings is 2. The van der Waals surface area contributed by atoms with E-state index in [0.29, 0.717) is 28.8 Å². The summed E-state index contributed by atoms with van der Waals surface area (Å²) in [6.45, 7) is 0.560. The van der Waals surface area contributed by atoms with Crippen LogP contribution in [-0.2, 0) is 6.54 Å². The van der Waals surface area contributed by atoms with Crippen molar-refractivity contribution in [1.82, 2.24) is 19.5 Å². The molecule has 0 aliphatic heterocycles. The Bertz CT molecular complexity index is 1220. The molecule has 4 aromatic rings. The Labute approximate surface area is 181 Å². The molecule has 0 aromatic carbocycles. The normalized spacial score (nSPS) is 11.0. The van der Waals surface area contributed by atoms with E-state index in [-0.39, 0.29) is 11.6 Å². The molecular formula is C22H18FN5O2S. The number of rotatable bonds is 7. The number of amides is 1. The number of thiazole rings is 1. The van der Waals surface area contributed by atoms with Crippen LogP contribution in [0.1, 0.15) is 27.4 Å². The third-order valence-electron chi connectivity index (χ3n) is 4.40. The lowest BCUT2D eigenvalue weighted by Gasteiger charge is -2.08. The molecule has 0 radical (unpaired) electrons. The van der Waals surface area contributed by atoms with E-state index in [2.05, 4.69) is 20.3 Å². The predicted octanol–water partition coefficient (Wildman–Crippen LogP) is 4.35. The van der Waals surface area contributed by atoms with Crippen LogP contribution in [0.2, 0.25) is 0 Å². The average Bonchev–Trinajstić information content (AvgIpc) is 3.43. The second kappa shape index (κ2) is 9.31. The van der Waals surface area contributed by atoms with E-state index < -0.39 is 5.82 Å². The van der Waals surface area contributed by atoms with Crippen LogP contribution >= 0.6 is 11.3 Å². The summed E-state index contributed by atoms with van der Waals surface area (Å²) in [5, 5.41) is 5.03. The van der Waals surface area contributed by atoms with E-state index >= 15 is 0 Å². The van der Waals surface area contributed by atoms with Crippen LogP contribution in [0.4, 0.5) is 9.52 Å². The molecule has 0 aliphatic rings. The fraction of sp³-hybridized carbons (Fsp3) is 0.0909. The van der Waals surface area contributed by atoms with Crippen LogP contribution in [0.15, 0.2) is 60.5 Å². The highest BCUT2D eigenvalue weighted by Gasteiger charge is 2.13. The summed E-state index contributed by atoms with van der Waals surface area (Å²) >= 11 is 1.28. The van der Waals surface area contributed by atoms with Crippen LogP contribution in [0, 0.1) is 5.82 Å². The Morgan fingerprint density at radius 1 is 1.29 bits per heavy atom. The zero-order valence-electron chi connectivity index (χ0n) is 16.5. The lowest BCUT2D eigenvalue weighted by atomic mass is 10.2. The van der Waals surface area contributed by atoms with Gasteiger partial charge >= 0.3 is 0 Å². The molecule has 0 saturated carbocycles. The van der Waals surface area contributed by atoms with Gasteiger partial charge in [-0.2, -0.15) is 0 Å². The zero-order chi connectivity index (χ0) is 21.6. The van der Waals surface area contributed by atoms with Gasteiger partial charge in [-0.1, -0.05) is 0 Å². The molecule has 4 aromatic heterocycles. The first-order valence-electron chi connectivity index (χ1n) is 9.31. The molecule has 1 amide bonds. The summed E-state index contributed by atoms with van der Waals surface area (Å²) in [7, 11) is 1.45. The van der Waals surface area contributed by atoms with Gasteiger partial charge in [0.25, 0.3) is 5.91 Å². The highest BCUT2D eigenvalue weighted by Crippen LogP contribution is 2.20. The quantitative estimate of drug-likeness (QED) is 0.467. The van der Waals surface area contributed by atoms with E-state index in [9.17, 15) is 9.18 Å². The van der Waals surface area contributed by atoms with E-state index in [1.807, 2.05) is 29.0 Å². The molecule has 0 fully saturated rings. The van der Waals surface area contributed by atoms with Gasteiger partial charge in [-0.3, -0.25) is 15.1 Å². The minimum Gasteiger partial charge on any atom is -0.495 e. The summed E-state index contributed by atoms with van der Waals surface area (Å²) in [6.07, 6.45) is 9.89. The minimum absolute atomic E-state index is 0.174. The van der Waals surface area contributed by atoms with E-state index in [1.165, 1.54) is 36.8 Å². The van der Waals surface area contributed by atoms with Gasteiger partial charge in [-0.15, -0.1) is 11.3 Å². The molecule has 0 aliphatic carbocycles. The number of nitrogens with one attached hydrogen (secondary N) is 1. The number of nitrogens with zero attached hydrogens (tertiary/aromatic N) is 4. The highest BCUT2D eigenvalue weighted by atomic mass is 32.1. The molecule has 0 atom stereocenters. The van der Waals surface area contributed by atoms with Crippen molar-refractivity contribution in [2.75, 3.05) is 12.4 Å². The number of ether oxygens (including phenoxy) is 1. The van der Waals surface area contributed by atoms with E-state index in [4.69, 9.17) is 4.74 Å². The standard InChI is InChI=1S/C22H18FN5O2S/c1-30-17-11-18(23)19(25-12-17)5-4-16-14-31-22(26-16)27-21(29)20-3-2-10-28(20)13-15-6-8-24-9-7-15/h2-12,14H,13H2,1H3,(H,26,27,29)/b5-4+. The second-order valence-electron chi connectivity index (χ2n) is 6.48. The number of hydrogen-bond donors (Lipinski definition) is 1. The Kier molecular flexibility index (Phi) is 6.13. The Hall–Kier alpha value is -3.85. The third-order valence-corrected chi connectivity index (χ3v) is 5.18. The van der Waals surface area contributed by atoms with Gasteiger partial charge in [-0.25, -0.2) is 14.4 Å². The van der Waals surface area contributed by atoms with E-state index in [0.717, 1.165) is 5.56 Å². The largest absolute Gasteiger partial charge is 0.495 e. The van der Waals surface area contributed by atoms with Gasteiger partial charge in [0.1, 0.15) is 11.4 Å². The first-order valence-corrected chi connectivity index (χ1v) is 10.2. The summed E-state index contributed by atoms with van der Waals surface area (Å²) in [5.74, 6) is -0.400. The van der Waals surface area contributed by atoms with Crippen molar-refractivity contribution in [3.63, 3.8) is 0 Å². The lowest BCUT2D eigenvalue weighted by molar-refractivity contribution is 0.101. The van der Waals surface area contributed by atoms with Gasteiger partial charge < -0.3 is 9.30 Å². The first-order chi connectivity index (χ1) is 15.1. The van der Waals surface area contributed by atoms with Crippen LogP contribution in [0.3, 0.4) is 0 Å². The molecule has 31 heavy (non-hydrogen) atoms. The van der Waals surface area contributed by atoms with Gasteiger partial charge in [0.05, 0.1) is 24.7 Å². The number of halogens is 1. The van der Waals surface area contributed by atoms with Crippen LogP contribution < -0.4 is 10.1 Å². The van der Waals surface area contributed by atoms with Crippen LogP contribution in [-0.4, -0.2) is 32.5 Å². The lowest BCUT2D eigenvalue weighted by Crippen LogP contribution is -2.17. The molecule has 4 heterocycles. The molecule has 1 N–H and O–H groups in total. The zero-order valence-corrected chi connectivity index (χ0v) is 17.3. The molecular weight excluding hydrogens is 417 g/mol. The average molecular weight is 435 g/mol. The van der Waals surface area contributed by atoms with Gasteiger partial charge in [0.2, 0.25) is 0 Å².